The average Bonchev–Trinajstić information content (AvgIpc) is 3.06. The molecule has 2 rings (SSSR count). The summed E-state index contributed by atoms with van der Waals surface area (Å²) in [6.07, 6.45) is 3.49. The van der Waals surface area contributed by atoms with Gasteiger partial charge in [-0.25, -0.2) is 0 Å². The number of aromatic nitrogens is 2. The quantitative estimate of drug-likeness (QED) is 0.911. The Balaban J connectivity index is 1.92. The van der Waals surface area contributed by atoms with Crippen LogP contribution >= 0.6 is 0 Å². The Hall–Kier alpha value is -2.37. The van der Waals surface area contributed by atoms with Crippen LogP contribution in [0.15, 0.2) is 35.0 Å². The van der Waals surface area contributed by atoms with Crippen molar-refractivity contribution in [2.75, 3.05) is 6.54 Å². The molecular weight excluding hydrogens is 270 g/mol. The summed E-state index contributed by atoms with van der Waals surface area (Å²) in [7, 11) is 0. The minimum Gasteiger partial charge on any atom is -0.454 e. The lowest BCUT2D eigenvalue weighted by molar-refractivity contribution is -0.125. The number of ketones is 1. The molecule has 0 aliphatic rings. The van der Waals surface area contributed by atoms with Crippen molar-refractivity contribution in [3.05, 3.63) is 42.1 Å². The summed E-state index contributed by atoms with van der Waals surface area (Å²) in [6, 6.07) is 5.13. The van der Waals surface area contributed by atoms with Gasteiger partial charge in [-0.3, -0.25) is 14.3 Å². The monoisotopic (exact) mass is 289 g/mol. The summed E-state index contributed by atoms with van der Waals surface area (Å²) >= 11 is 0. The average molecular weight is 289 g/mol. The molecule has 2 aromatic rings. The van der Waals surface area contributed by atoms with E-state index in [-0.39, 0.29) is 24.0 Å². The van der Waals surface area contributed by atoms with E-state index >= 15 is 0 Å². The molecule has 6 heteroatoms. The molecular formula is C15H19N3O3. The van der Waals surface area contributed by atoms with Gasteiger partial charge in [0, 0.05) is 17.8 Å². The third-order valence-corrected chi connectivity index (χ3v) is 3.01. The van der Waals surface area contributed by atoms with Gasteiger partial charge in [0.2, 0.25) is 0 Å². The Morgan fingerprint density at radius 3 is 2.71 bits per heavy atom. The van der Waals surface area contributed by atoms with Gasteiger partial charge in [-0.05, 0) is 18.2 Å². The molecule has 0 aliphatic heterocycles. The SMILES string of the molecule is CC(C)(C)C(=O)CNC(=O)c1ccc(Cn2cccn2)o1. The second kappa shape index (κ2) is 5.95. The molecule has 6 nitrogen and oxygen atoms in total. The van der Waals surface area contributed by atoms with Crippen LogP contribution in [0.1, 0.15) is 37.1 Å². The molecule has 2 heterocycles. The van der Waals surface area contributed by atoms with Crippen LogP contribution in [0.4, 0.5) is 0 Å². The first-order chi connectivity index (χ1) is 9.86. The van der Waals surface area contributed by atoms with Crippen LogP contribution in [0.5, 0.6) is 0 Å². The lowest BCUT2D eigenvalue weighted by Gasteiger charge is -2.16. The molecule has 1 amide bonds. The van der Waals surface area contributed by atoms with Crippen molar-refractivity contribution in [3.63, 3.8) is 0 Å². The zero-order valence-electron chi connectivity index (χ0n) is 12.4. The molecule has 0 fully saturated rings. The largest absolute Gasteiger partial charge is 0.454 e. The van der Waals surface area contributed by atoms with Crippen LogP contribution in [0, 0.1) is 5.41 Å². The molecule has 0 spiro atoms. The Labute approximate surface area is 123 Å². The van der Waals surface area contributed by atoms with E-state index in [1.165, 1.54) is 0 Å². The summed E-state index contributed by atoms with van der Waals surface area (Å²) in [6.45, 7) is 5.91. The highest BCUT2D eigenvalue weighted by Crippen LogP contribution is 2.14. The van der Waals surface area contributed by atoms with Gasteiger partial charge < -0.3 is 9.73 Å². The minimum absolute atomic E-state index is 0.00246. The van der Waals surface area contributed by atoms with E-state index < -0.39 is 5.41 Å². The molecule has 0 aliphatic carbocycles. The van der Waals surface area contributed by atoms with E-state index in [1.807, 2.05) is 33.0 Å². The smallest absolute Gasteiger partial charge is 0.287 e. The molecule has 0 saturated carbocycles. The highest BCUT2D eigenvalue weighted by atomic mass is 16.4. The summed E-state index contributed by atoms with van der Waals surface area (Å²) in [5.74, 6) is 0.406. The Kier molecular flexibility index (Phi) is 4.26. The van der Waals surface area contributed by atoms with Crippen molar-refractivity contribution in [3.8, 4) is 0 Å². The van der Waals surface area contributed by atoms with Crippen molar-refractivity contribution >= 4 is 11.7 Å². The van der Waals surface area contributed by atoms with Crippen LogP contribution in [0.25, 0.3) is 0 Å². The van der Waals surface area contributed by atoms with Crippen LogP contribution < -0.4 is 5.32 Å². The Morgan fingerprint density at radius 1 is 1.33 bits per heavy atom. The fourth-order valence-electron chi connectivity index (χ4n) is 1.65. The molecule has 0 aromatic carbocycles. The summed E-state index contributed by atoms with van der Waals surface area (Å²) < 4.78 is 7.15. The van der Waals surface area contributed by atoms with Gasteiger partial charge >= 0.3 is 0 Å². The lowest BCUT2D eigenvalue weighted by Crippen LogP contribution is -2.35. The normalized spacial score (nSPS) is 11.4. The number of nitrogens with zero attached hydrogens (tertiary/aromatic N) is 2. The molecule has 112 valence electrons. The van der Waals surface area contributed by atoms with Crippen LogP contribution in [0.3, 0.4) is 0 Å². The maximum atomic E-state index is 11.9. The standard InChI is InChI=1S/C15H19N3O3/c1-15(2,3)13(19)9-16-14(20)12-6-5-11(21-12)10-18-8-4-7-17-18/h4-8H,9-10H2,1-3H3,(H,16,20). The number of nitrogens with one attached hydrogen (secondary N) is 1. The van der Waals surface area contributed by atoms with Gasteiger partial charge in [-0.2, -0.15) is 5.10 Å². The fraction of sp³-hybridized carbons (Fsp3) is 0.400. The van der Waals surface area contributed by atoms with Gasteiger partial charge in [0.15, 0.2) is 11.5 Å². The number of carbonyl (C=O) groups excluding carboxylic acids is 2. The zero-order chi connectivity index (χ0) is 15.5. The van der Waals surface area contributed by atoms with E-state index in [4.69, 9.17) is 4.42 Å². The minimum atomic E-state index is -0.471. The predicted molar refractivity (Wildman–Crippen MR) is 76.8 cm³/mol. The number of Topliss-reactive ketones (excluding diaryl/α,β-unsaturated/α-hetero) is 1. The molecule has 0 atom stereocenters. The second-order valence-electron chi connectivity index (χ2n) is 5.83. The van der Waals surface area contributed by atoms with E-state index in [0.717, 1.165) is 0 Å². The fourth-order valence-corrected chi connectivity index (χ4v) is 1.65. The van der Waals surface area contributed by atoms with E-state index in [2.05, 4.69) is 10.4 Å². The Bertz CT molecular complexity index is 621. The topological polar surface area (TPSA) is 77.1 Å². The van der Waals surface area contributed by atoms with Crippen molar-refractivity contribution < 1.29 is 14.0 Å². The van der Waals surface area contributed by atoms with Crippen molar-refractivity contribution in [1.29, 1.82) is 0 Å². The van der Waals surface area contributed by atoms with Crippen molar-refractivity contribution in [2.45, 2.75) is 27.3 Å². The van der Waals surface area contributed by atoms with E-state index in [9.17, 15) is 9.59 Å². The molecule has 21 heavy (non-hydrogen) atoms. The molecule has 0 unspecified atom stereocenters. The zero-order valence-corrected chi connectivity index (χ0v) is 12.4. The first kappa shape index (κ1) is 15.0. The number of amides is 1. The van der Waals surface area contributed by atoms with Crippen LogP contribution in [0.2, 0.25) is 0 Å². The van der Waals surface area contributed by atoms with Crippen LogP contribution in [-0.2, 0) is 11.3 Å². The molecule has 0 saturated heterocycles. The number of carbonyl (C=O) groups is 2. The number of hydrogen-bond acceptors (Lipinski definition) is 4. The summed E-state index contributed by atoms with van der Waals surface area (Å²) in [5.41, 5.74) is -0.471. The number of hydrogen-bond donors (Lipinski definition) is 1. The van der Waals surface area contributed by atoms with Gasteiger partial charge in [0.05, 0.1) is 13.1 Å². The second-order valence-corrected chi connectivity index (χ2v) is 5.83. The molecule has 2 aromatic heterocycles. The number of rotatable bonds is 5. The summed E-state index contributed by atoms with van der Waals surface area (Å²) in [4.78, 5) is 23.7. The maximum Gasteiger partial charge on any atom is 0.287 e. The Morgan fingerprint density at radius 2 is 2.10 bits per heavy atom. The summed E-state index contributed by atoms with van der Waals surface area (Å²) in [5, 5.41) is 6.64. The van der Waals surface area contributed by atoms with Crippen LogP contribution in [-0.4, -0.2) is 28.0 Å². The first-order valence-electron chi connectivity index (χ1n) is 6.74. The van der Waals surface area contributed by atoms with E-state index in [0.29, 0.717) is 12.3 Å². The molecule has 1 N–H and O–H groups in total. The predicted octanol–water partition coefficient (Wildman–Crippen LogP) is 1.87. The first-order valence-corrected chi connectivity index (χ1v) is 6.74. The van der Waals surface area contributed by atoms with Gasteiger partial charge in [0.1, 0.15) is 5.76 Å². The van der Waals surface area contributed by atoms with Crippen molar-refractivity contribution in [1.82, 2.24) is 15.1 Å². The number of furan rings is 1. The van der Waals surface area contributed by atoms with E-state index in [1.54, 1.807) is 23.0 Å². The maximum absolute atomic E-state index is 11.9. The molecule has 0 bridgehead atoms. The highest BCUT2D eigenvalue weighted by Gasteiger charge is 2.22. The highest BCUT2D eigenvalue weighted by molar-refractivity contribution is 5.95. The van der Waals surface area contributed by atoms with Gasteiger partial charge in [-0.15, -0.1) is 0 Å². The third kappa shape index (κ3) is 4.05. The lowest BCUT2D eigenvalue weighted by atomic mass is 9.91. The van der Waals surface area contributed by atoms with Crippen molar-refractivity contribution in [2.24, 2.45) is 5.41 Å². The van der Waals surface area contributed by atoms with Gasteiger partial charge in [0.25, 0.3) is 5.91 Å². The van der Waals surface area contributed by atoms with Gasteiger partial charge in [-0.1, -0.05) is 20.8 Å². The molecule has 0 radical (unpaired) electrons. The third-order valence-electron chi connectivity index (χ3n) is 3.01.